The van der Waals surface area contributed by atoms with Gasteiger partial charge in [-0.1, -0.05) is 32.0 Å². The van der Waals surface area contributed by atoms with Crippen molar-refractivity contribution in [1.29, 1.82) is 0 Å². The van der Waals surface area contributed by atoms with Gasteiger partial charge in [0.25, 0.3) is 0 Å². The van der Waals surface area contributed by atoms with E-state index in [-0.39, 0.29) is 12.1 Å². The number of hydrogen-bond acceptors (Lipinski definition) is 3. The Kier molecular flexibility index (Phi) is 6.06. The summed E-state index contributed by atoms with van der Waals surface area (Å²) < 4.78 is 5.00. The molecule has 0 unspecified atom stereocenters. The van der Waals surface area contributed by atoms with Crippen LogP contribution in [0.2, 0.25) is 0 Å². The number of hydrogen-bond donors (Lipinski definition) is 1. The van der Waals surface area contributed by atoms with Gasteiger partial charge in [0, 0.05) is 31.9 Å². The van der Waals surface area contributed by atoms with Crippen molar-refractivity contribution in [3.8, 4) is 0 Å². The summed E-state index contributed by atoms with van der Waals surface area (Å²) in [6.07, 6.45) is -0.307. The summed E-state index contributed by atoms with van der Waals surface area (Å²) in [6.45, 7) is 10.4. The number of urea groups is 1. The molecule has 2 rings (SSSR count). The third kappa shape index (κ3) is 4.19. The standard InChI is InChI=1S/C18H27N3O3/c1-5-24-18(23)21-11-9-20(10-12-21)17(22)19-16-14(4)7-6-8-15(16)13(2)3/h6-8,13H,5,9-12H2,1-4H3,(H,19,22). The number of para-hydroxylation sites is 1. The molecule has 1 saturated heterocycles. The Hall–Kier alpha value is -2.24. The molecular formula is C18H27N3O3. The molecule has 0 radical (unpaired) electrons. The Morgan fingerprint density at radius 3 is 2.38 bits per heavy atom. The van der Waals surface area contributed by atoms with Crippen LogP contribution in [-0.2, 0) is 4.74 Å². The average Bonchev–Trinajstić information content (AvgIpc) is 2.56. The Morgan fingerprint density at radius 2 is 1.79 bits per heavy atom. The maximum absolute atomic E-state index is 12.6. The predicted octanol–water partition coefficient (Wildman–Crippen LogP) is 3.42. The molecule has 1 N–H and O–H groups in total. The van der Waals surface area contributed by atoms with Crippen LogP contribution in [0.4, 0.5) is 15.3 Å². The molecule has 3 amide bonds. The number of ether oxygens (including phenoxy) is 1. The fourth-order valence-electron chi connectivity index (χ4n) is 2.84. The molecule has 0 atom stereocenters. The molecule has 132 valence electrons. The topological polar surface area (TPSA) is 61.9 Å². The van der Waals surface area contributed by atoms with Crippen molar-refractivity contribution in [3.05, 3.63) is 29.3 Å². The van der Waals surface area contributed by atoms with Gasteiger partial charge in [-0.25, -0.2) is 9.59 Å². The summed E-state index contributed by atoms with van der Waals surface area (Å²) in [6, 6.07) is 5.94. The zero-order valence-electron chi connectivity index (χ0n) is 15.0. The number of carbonyl (C=O) groups excluding carboxylic acids is 2. The van der Waals surface area contributed by atoms with Crippen molar-refractivity contribution >= 4 is 17.8 Å². The van der Waals surface area contributed by atoms with Gasteiger partial charge in [0.2, 0.25) is 0 Å². The molecule has 0 aliphatic carbocycles. The van der Waals surface area contributed by atoms with Gasteiger partial charge in [0.1, 0.15) is 0 Å². The molecule has 1 aliphatic rings. The van der Waals surface area contributed by atoms with Crippen LogP contribution in [-0.4, -0.2) is 54.7 Å². The highest BCUT2D eigenvalue weighted by atomic mass is 16.6. The second-order valence-electron chi connectivity index (χ2n) is 6.30. The molecule has 1 aliphatic heterocycles. The van der Waals surface area contributed by atoms with E-state index in [0.29, 0.717) is 38.7 Å². The Labute approximate surface area is 143 Å². The second kappa shape index (κ2) is 8.04. The maximum atomic E-state index is 12.6. The van der Waals surface area contributed by atoms with E-state index in [1.165, 1.54) is 0 Å². The van der Waals surface area contributed by atoms with Crippen LogP contribution in [0.15, 0.2) is 18.2 Å². The minimum atomic E-state index is -0.307. The zero-order valence-corrected chi connectivity index (χ0v) is 15.0. The zero-order chi connectivity index (χ0) is 17.7. The van der Waals surface area contributed by atoms with Gasteiger partial charge in [-0.15, -0.1) is 0 Å². The number of rotatable bonds is 3. The molecule has 1 fully saturated rings. The molecule has 1 heterocycles. The van der Waals surface area contributed by atoms with Crippen molar-refractivity contribution in [3.63, 3.8) is 0 Å². The predicted molar refractivity (Wildman–Crippen MR) is 94.5 cm³/mol. The molecule has 0 spiro atoms. The molecule has 0 saturated carbocycles. The van der Waals surface area contributed by atoms with E-state index in [1.54, 1.807) is 16.7 Å². The molecule has 6 heteroatoms. The summed E-state index contributed by atoms with van der Waals surface area (Å²) in [5.41, 5.74) is 3.08. The second-order valence-corrected chi connectivity index (χ2v) is 6.30. The number of piperazine rings is 1. The van der Waals surface area contributed by atoms with E-state index in [4.69, 9.17) is 4.74 Å². The van der Waals surface area contributed by atoms with Crippen molar-refractivity contribution in [1.82, 2.24) is 9.80 Å². The van der Waals surface area contributed by atoms with E-state index < -0.39 is 0 Å². The lowest BCUT2D eigenvalue weighted by molar-refractivity contribution is 0.0868. The van der Waals surface area contributed by atoms with Crippen molar-refractivity contribution in [2.75, 3.05) is 38.1 Å². The fraction of sp³-hybridized carbons (Fsp3) is 0.556. The average molecular weight is 333 g/mol. The number of nitrogens with one attached hydrogen (secondary N) is 1. The van der Waals surface area contributed by atoms with Gasteiger partial charge >= 0.3 is 12.1 Å². The summed E-state index contributed by atoms with van der Waals surface area (Å²) in [5, 5.41) is 3.05. The van der Waals surface area contributed by atoms with Gasteiger partial charge in [-0.05, 0) is 30.9 Å². The number of carbonyl (C=O) groups is 2. The van der Waals surface area contributed by atoms with Crippen molar-refractivity contribution < 1.29 is 14.3 Å². The summed E-state index contributed by atoms with van der Waals surface area (Å²) >= 11 is 0. The van der Waals surface area contributed by atoms with E-state index >= 15 is 0 Å². The quantitative estimate of drug-likeness (QED) is 0.922. The fourth-order valence-corrected chi connectivity index (χ4v) is 2.84. The largest absolute Gasteiger partial charge is 0.450 e. The summed E-state index contributed by atoms with van der Waals surface area (Å²) in [4.78, 5) is 27.7. The van der Waals surface area contributed by atoms with Gasteiger partial charge in [-0.3, -0.25) is 0 Å². The molecule has 1 aromatic carbocycles. The third-order valence-electron chi connectivity index (χ3n) is 4.25. The van der Waals surface area contributed by atoms with E-state index in [0.717, 1.165) is 16.8 Å². The van der Waals surface area contributed by atoms with Crippen LogP contribution in [0.1, 0.15) is 37.8 Å². The number of anilines is 1. The highest BCUT2D eigenvalue weighted by molar-refractivity contribution is 5.91. The normalized spacial score (nSPS) is 14.7. The first-order valence-corrected chi connectivity index (χ1v) is 8.51. The van der Waals surface area contributed by atoms with Crippen LogP contribution in [0.5, 0.6) is 0 Å². The molecule has 6 nitrogen and oxygen atoms in total. The Bertz CT molecular complexity index is 593. The molecular weight excluding hydrogens is 306 g/mol. The summed E-state index contributed by atoms with van der Waals surface area (Å²) in [7, 11) is 0. The number of nitrogens with zero attached hydrogens (tertiary/aromatic N) is 2. The molecule has 0 aromatic heterocycles. The SMILES string of the molecule is CCOC(=O)N1CCN(C(=O)Nc2c(C)cccc2C(C)C)CC1. The maximum Gasteiger partial charge on any atom is 0.409 e. The van der Waals surface area contributed by atoms with Crippen LogP contribution >= 0.6 is 0 Å². The van der Waals surface area contributed by atoms with Gasteiger partial charge < -0.3 is 19.9 Å². The van der Waals surface area contributed by atoms with Gasteiger partial charge in [0.15, 0.2) is 0 Å². The first-order chi connectivity index (χ1) is 11.4. The van der Waals surface area contributed by atoms with Crippen LogP contribution in [0, 0.1) is 6.92 Å². The van der Waals surface area contributed by atoms with E-state index in [2.05, 4.69) is 19.2 Å². The lowest BCUT2D eigenvalue weighted by Gasteiger charge is -2.34. The van der Waals surface area contributed by atoms with Crippen molar-refractivity contribution in [2.45, 2.75) is 33.6 Å². The minimum absolute atomic E-state index is 0.116. The first kappa shape index (κ1) is 18.1. The third-order valence-corrected chi connectivity index (χ3v) is 4.25. The molecule has 24 heavy (non-hydrogen) atoms. The minimum Gasteiger partial charge on any atom is -0.450 e. The first-order valence-electron chi connectivity index (χ1n) is 8.51. The highest BCUT2D eigenvalue weighted by Crippen LogP contribution is 2.27. The smallest absolute Gasteiger partial charge is 0.409 e. The van der Waals surface area contributed by atoms with Crippen LogP contribution < -0.4 is 5.32 Å². The van der Waals surface area contributed by atoms with E-state index in [9.17, 15) is 9.59 Å². The highest BCUT2D eigenvalue weighted by Gasteiger charge is 2.25. The number of aryl methyl sites for hydroxylation is 1. The molecule has 0 bridgehead atoms. The van der Waals surface area contributed by atoms with Crippen molar-refractivity contribution in [2.24, 2.45) is 0 Å². The molecule has 1 aromatic rings. The van der Waals surface area contributed by atoms with Gasteiger partial charge in [-0.2, -0.15) is 0 Å². The monoisotopic (exact) mass is 333 g/mol. The number of amides is 3. The Morgan fingerprint density at radius 1 is 1.17 bits per heavy atom. The number of benzene rings is 1. The van der Waals surface area contributed by atoms with Gasteiger partial charge in [0.05, 0.1) is 6.61 Å². The summed E-state index contributed by atoms with van der Waals surface area (Å²) in [5.74, 6) is 0.334. The lowest BCUT2D eigenvalue weighted by Crippen LogP contribution is -2.51. The van der Waals surface area contributed by atoms with Crippen LogP contribution in [0.3, 0.4) is 0 Å². The van der Waals surface area contributed by atoms with Crippen LogP contribution in [0.25, 0.3) is 0 Å². The Balaban J connectivity index is 1.99. The van der Waals surface area contributed by atoms with E-state index in [1.807, 2.05) is 25.1 Å². The lowest BCUT2D eigenvalue weighted by atomic mass is 9.98.